The summed E-state index contributed by atoms with van der Waals surface area (Å²) in [6.07, 6.45) is 0. The first-order chi connectivity index (χ1) is 6.13. The molecule has 1 amide bonds. The van der Waals surface area contributed by atoms with Gasteiger partial charge in [0.2, 0.25) is 0 Å². The molecular weight excluding hydrogens is 162 g/mol. The van der Waals surface area contributed by atoms with Gasteiger partial charge in [-0.05, 0) is 6.92 Å². The molecular formula is C11H13NO+. The Morgan fingerprint density at radius 2 is 1.85 bits per heavy atom. The Kier molecular flexibility index (Phi) is 2.98. The van der Waals surface area contributed by atoms with Crippen molar-refractivity contribution >= 4 is 11.6 Å². The van der Waals surface area contributed by atoms with Gasteiger partial charge in [-0.15, -0.1) is 0 Å². The maximum Gasteiger partial charge on any atom is 0.393 e. The van der Waals surface area contributed by atoms with Crippen molar-refractivity contribution in [3.8, 4) is 0 Å². The molecule has 1 radical (unpaired) electrons. The molecule has 1 aromatic carbocycles. The van der Waals surface area contributed by atoms with Crippen molar-refractivity contribution in [3.05, 3.63) is 42.5 Å². The van der Waals surface area contributed by atoms with Crippen molar-refractivity contribution in [1.29, 1.82) is 0 Å². The predicted molar refractivity (Wildman–Crippen MR) is 54.0 cm³/mol. The highest BCUT2D eigenvalue weighted by molar-refractivity contribution is 5.97. The van der Waals surface area contributed by atoms with Crippen LogP contribution in [0.4, 0.5) is 5.69 Å². The zero-order valence-electron chi connectivity index (χ0n) is 7.95. The van der Waals surface area contributed by atoms with Crippen LogP contribution in [-0.4, -0.2) is 13.0 Å². The van der Waals surface area contributed by atoms with Crippen molar-refractivity contribution in [3.63, 3.8) is 0 Å². The summed E-state index contributed by atoms with van der Waals surface area (Å²) in [7, 11) is 1.74. The number of carbonyl (C=O) groups excluding carboxylic acids is 1. The van der Waals surface area contributed by atoms with Crippen LogP contribution in [-0.2, 0) is 4.79 Å². The van der Waals surface area contributed by atoms with Gasteiger partial charge >= 0.3 is 5.91 Å². The van der Waals surface area contributed by atoms with E-state index in [0.717, 1.165) is 5.69 Å². The van der Waals surface area contributed by atoms with Crippen LogP contribution in [0.15, 0.2) is 42.5 Å². The van der Waals surface area contributed by atoms with Crippen LogP contribution in [0.1, 0.15) is 6.92 Å². The van der Waals surface area contributed by atoms with E-state index in [4.69, 9.17) is 0 Å². The first-order valence-electron chi connectivity index (χ1n) is 4.11. The Hall–Kier alpha value is -1.41. The quantitative estimate of drug-likeness (QED) is 0.499. The van der Waals surface area contributed by atoms with Crippen LogP contribution in [0.5, 0.6) is 0 Å². The lowest BCUT2D eigenvalue weighted by molar-refractivity contribution is -0.119. The highest BCUT2D eigenvalue weighted by Crippen LogP contribution is 2.12. The molecule has 2 heteroatoms. The van der Waals surface area contributed by atoms with Gasteiger partial charge in [-0.3, -0.25) is 0 Å². The maximum absolute atomic E-state index is 11.5. The molecule has 0 aliphatic heterocycles. The highest BCUT2D eigenvalue weighted by Gasteiger charge is 2.23. The summed E-state index contributed by atoms with van der Waals surface area (Å²) in [4.78, 5) is 13.1. The third kappa shape index (κ3) is 2.26. The van der Waals surface area contributed by atoms with Gasteiger partial charge in [0.1, 0.15) is 7.05 Å². The Labute approximate surface area is 78.5 Å². The van der Waals surface area contributed by atoms with E-state index in [9.17, 15) is 4.79 Å². The second-order valence-electron chi connectivity index (χ2n) is 2.98. The molecule has 0 bridgehead atoms. The zero-order chi connectivity index (χ0) is 9.84. The number of anilines is 1. The van der Waals surface area contributed by atoms with Crippen LogP contribution in [0.2, 0.25) is 0 Å². The van der Waals surface area contributed by atoms with E-state index in [0.29, 0.717) is 5.57 Å². The van der Waals surface area contributed by atoms with Gasteiger partial charge in [-0.1, -0.05) is 29.7 Å². The van der Waals surface area contributed by atoms with Crippen molar-refractivity contribution in [2.24, 2.45) is 0 Å². The van der Waals surface area contributed by atoms with E-state index in [-0.39, 0.29) is 5.91 Å². The van der Waals surface area contributed by atoms with Crippen LogP contribution in [0, 0.1) is 0 Å². The third-order valence-corrected chi connectivity index (χ3v) is 1.81. The van der Waals surface area contributed by atoms with E-state index in [1.165, 1.54) is 0 Å². The fraction of sp³-hybridized carbons (Fsp3) is 0.182. The second-order valence-corrected chi connectivity index (χ2v) is 2.98. The van der Waals surface area contributed by atoms with E-state index in [2.05, 4.69) is 6.58 Å². The van der Waals surface area contributed by atoms with E-state index in [1.54, 1.807) is 18.9 Å². The fourth-order valence-corrected chi connectivity index (χ4v) is 1.06. The topological polar surface area (TPSA) is 23.0 Å². The fourth-order valence-electron chi connectivity index (χ4n) is 1.06. The lowest BCUT2D eigenvalue weighted by Gasteiger charge is -2.02. The van der Waals surface area contributed by atoms with Gasteiger partial charge in [0.15, 0.2) is 5.69 Å². The minimum atomic E-state index is -0.0498. The molecule has 0 unspecified atom stereocenters. The van der Waals surface area contributed by atoms with Gasteiger partial charge in [0, 0.05) is 12.1 Å². The number of hydrogen-bond donors (Lipinski definition) is 0. The van der Waals surface area contributed by atoms with Crippen LogP contribution in [0.25, 0.3) is 0 Å². The number of carbonyl (C=O) groups is 1. The Balaban J connectivity index is 2.86. The van der Waals surface area contributed by atoms with Crippen molar-refractivity contribution in [2.75, 3.05) is 7.05 Å². The summed E-state index contributed by atoms with van der Waals surface area (Å²) in [5.74, 6) is -0.0498. The maximum atomic E-state index is 11.5. The van der Waals surface area contributed by atoms with Crippen molar-refractivity contribution in [2.45, 2.75) is 6.92 Å². The molecule has 0 N–H and O–H groups in total. The molecule has 13 heavy (non-hydrogen) atoms. The van der Waals surface area contributed by atoms with Gasteiger partial charge in [-0.2, -0.15) is 0 Å². The molecule has 2 nitrogen and oxygen atoms in total. The largest absolute Gasteiger partial charge is 0.393 e. The Bertz CT molecular complexity index is 316. The summed E-state index contributed by atoms with van der Waals surface area (Å²) < 4.78 is 0. The number of amides is 1. The lowest BCUT2D eigenvalue weighted by atomic mass is 10.2. The van der Waals surface area contributed by atoms with E-state index >= 15 is 0 Å². The average Bonchev–Trinajstić information content (AvgIpc) is 2.17. The molecule has 0 aromatic heterocycles. The molecule has 67 valence electrons. The van der Waals surface area contributed by atoms with Gasteiger partial charge < -0.3 is 0 Å². The smallest absolute Gasteiger partial charge is 0.220 e. The minimum absolute atomic E-state index is 0.0498. The third-order valence-electron chi connectivity index (χ3n) is 1.81. The minimum Gasteiger partial charge on any atom is -0.220 e. The standard InChI is InChI=1S/C11H13NO/c1-9(2)11(13)12(3)10-7-5-4-6-8-10/h4-8H,1H2,2-3H3/q+1. The summed E-state index contributed by atoms with van der Waals surface area (Å²) in [5.41, 5.74) is 1.43. The number of nitrogens with zero attached hydrogens (tertiary/aromatic N) is 1. The highest BCUT2D eigenvalue weighted by atomic mass is 16.2. The Morgan fingerprint density at radius 1 is 1.31 bits per heavy atom. The summed E-state index contributed by atoms with van der Waals surface area (Å²) in [6, 6.07) is 9.50. The monoisotopic (exact) mass is 175 g/mol. The summed E-state index contributed by atoms with van der Waals surface area (Å²) in [6.45, 7) is 5.32. The molecule has 0 aliphatic rings. The first kappa shape index (κ1) is 9.68. The molecule has 0 aliphatic carbocycles. The van der Waals surface area contributed by atoms with E-state index < -0.39 is 0 Å². The van der Waals surface area contributed by atoms with Crippen LogP contribution >= 0.6 is 0 Å². The number of benzene rings is 1. The number of para-hydroxylation sites is 1. The van der Waals surface area contributed by atoms with Crippen LogP contribution in [0.3, 0.4) is 0 Å². The first-order valence-corrected chi connectivity index (χ1v) is 4.11. The lowest BCUT2D eigenvalue weighted by Crippen LogP contribution is -2.27. The van der Waals surface area contributed by atoms with Gasteiger partial charge in [0.25, 0.3) is 0 Å². The SMILES string of the molecule is C=C(C)C(=O)[N+](C)c1ccccc1. The number of hydrogen-bond acceptors (Lipinski definition) is 1. The second kappa shape index (κ2) is 4.01. The van der Waals surface area contributed by atoms with Crippen molar-refractivity contribution in [1.82, 2.24) is 4.90 Å². The molecule has 0 spiro atoms. The molecule has 0 saturated carbocycles. The average molecular weight is 175 g/mol. The number of rotatable bonds is 2. The summed E-state index contributed by atoms with van der Waals surface area (Å²) in [5, 5.41) is 0. The Morgan fingerprint density at radius 3 is 2.31 bits per heavy atom. The summed E-state index contributed by atoms with van der Waals surface area (Å²) >= 11 is 0. The number of likely N-dealkylation sites (N-methyl/N-ethyl adjacent to an activating group) is 1. The normalized spacial score (nSPS) is 10.1. The van der Waals surface area contributed by atoms with E-state index in [1.807, 2.05) is 30.3 Å². The molecule has 1 aromatic rings. The molecule has 0 heterocycles. The van der Waals surface area contributed by atoms with Gasteiger partial charge in [-0.25, -0.2) is 4.79 Å². The van der Waals surface area contributed by atoms with Crippen LogP contribution < -0.4 is 4.90 Å². The molecule has 1 rings (SSSR count). The van der Waals surface area contributed by atoms with Crippen molar-refractivity contribution < 1.29 is 4.79 Å². The molecule has 0 fully saturated rings. The zero-order valence-corrected chi connectivity index (χ0v) is 7.95. The predicted octanol–water partition coefficient (Wildman–Crippen LogP) is 2.19. The molecule has 0 saturated heterocycles. The van der Waals surface area contributed by atoms with Gasteiger partial charge in [0.05, 0.1) is 5.57 Å². The molecule has 0 atom stereocenters.